The van der Waals surface area contributed by atoms with Crippen LogP contribution in [0.1, 0.15) is 0 Å². The fraction of sp³-hybridized carbons (Fsp3) is 0. The molecule has 2 aromatic rings. The lowest BCUT2D eigenvalue weighted by molar-refractivity contribution is 0.475. The maximum absolute atomic E-state index is 9.45. The molecule has 1 nitrogen and oxygen atoms in total. The minimum absolute atomic E-state index is 0.245. The number of phenols is 1. The Morgan fingerprint density at radius 2 is 1.60 bits per heavy atom. The summed E-state index contributed by atoms with van der Waals surface area (Å²) >= 11 is 9.14. The monoisotopic (exact) mass is 282 g/mol. The molecule has 0 aliphatic heterocycles. The van der Waals surface area contributed by atoms with Crippen LogP contribution in [0.3, 0.4) is 0 Å². The Balaban J connectivity index is 2.49. The molecule has 76 valence electrons. The van der Waals surface area contributed by atoms with Gasteiger partial charge in [0.1, 0.15) is 5.75 Å². The van der Waals surface area contributed by atoms with Gasteiger partial charge in [-0.05, 0) is 41.5 Å². The molecule has 0 bridgehead atoms. The molecule has 0 spiro atoms. The molecule has 3 heteroatoms. The van der Waals surface area contributed by atoms with E-state index >= 15 is 0 Å². The summed E-state index contributed by atoms with van der Waals surface area (Å²) < 4.78 is 0.854. The predicted molar refractivity (Wildman–Crippen MR) is 66.3 cm³/mol. The Hall–Kier alpha value is -0.990. The summed E-state index contributed by atoms with van der Waals surface area (Å²) in [6.07, 6.45) is 0. The SMILES string of the molecule is Oc1cc(Br)cc(-c2ccc(Cl)cc2)c1. The van der Waals surface area contributed by atoms with Crippen molar-refractivity contribution in [1.82, 2.24) is 0 Å². The summed E-state index contributed by atoms with van der Waals surface area (Å²) in [6.45, 7) is 0. The summed E-state index contributed by atoms with van der Waals surface area (Å²) in [5.74, 6) is 0.245. The Labute approximate surface area is 101 Å². The van der Waals surface area contributed by atoms with Crippen molar-refractivity contribution >= 4 is 27.5 Å². The molecule has 15 heavy (non-hydrogen) atoms. The van der Waals surface area contributed by atoms with Crippen LogP contribution in [0.15, 0.2) is 46.9 Å². The summed E-state index contributed by atoms with van der Waals surface area (Å²) in [5.41, 5.74) is 1.98. The normalized spacial score (nSPS) is 10.3. The highest BCUT2D eigenvalue weighted by molar-refractivity contribution is 9.10. The minimum Gasteiger partial charge on any atom is -0.508 e. The quantitative estimate of drug-likeness (QED) is 0.818. The van der Waals surface area contributed by atoms with Crippen molar-refractivity contribution in [2.24, 2.45) is 0 Å². The Bertz CT molecular complexity index is 459. The first-order valence-electron chi connectivity index (χ1n) is 4.40. The Morgan fingerprint density at radius 1 is 0.933 bits per heavy atom. The van der Waals surface area contributed by atoms with Crippen LogP contribution in [0.5, 0.6) is 5.75 Å². The van der Waals surface area contributed by atoms with Crippen molar-refractivity contribution in [1.29, 1.82) is 0 Å². The summed E-state index contributed by atoms with van der Waals surface area (Å²) in [7, 11) is 0. The third-order valence-corrected chi connectivity index (χ3v) is 2.77. The number of halogens is 2. The molecule has 0 heterocycles. The van der Waals surface area contributed by atoms with E-state index in [2.05, 4.69) is 15.9 Å². The average Bonchev–Trinajstić information content (AvgIpc) is 2.17. The predicted octanol–water partition coefficient (Wildman–Crippen LogP) is 4.48. The number of hydrogen-bond acceptors (Lipinski definition) is 1. The molecule has 0 unspecified atom stereocenters. The van der Waals surface area contributed by atoms with Crippen LogP contribution in [0.4, 0.5) is 0 Å². The second-order valence-electron chi connectivity index (χ2n) is 3.20. The third kappa shape index (κ3) is 2.52. The van der Waals surface area contributed by atoms with Crippen LogP contribution in [0.2, 0.25) is 5.02 Å². The number of phenolic OH excluding ortho intramolecular Hbond substituents is 1. The second-order valence-corrected chi connectivity index (χ2v) is 4.56. The molecule has 1 N–H and O–H groups in total. The van der Waals surface area contributed by atoms with Gasteiger partial charge in [0.2, 0.25) is 0 Å². The lowest BCUT2D eigenvalue weighted by Gasteiger charge is -2.03. The molecule has 0 fully saturated rings. The molecule has 0 saturated heterocycles. The molecular formula is C12H8BrClO. The Kier molecular flexibility index (Phi) is 2.98. The summed E-state index contributed by atoms with van der Waals surface area (Å²) in [4.78, 5) is 0. The van der Waals surface area contributed by atoms with E-state index in [9.17, 15) is 5.11 Å². The van der Waals surface area contributed by atoms with E-state index in [4.69, 9.17) is 11.6 Å². The topological polar surface area (TPSA) is 20.2 Å². The molecule has 0 radical (unpaired) electrons. The largest absolute Gasteiger partial charge is 0.508 e. The van der Waals surface area contributed by atoms with Crippen molar-refractivity contribution in [2.75, 3.05) is 0 Å². The lowest BCUT2D eigenvalue weighted by atomic mass is 10.1. The lowest BCUT2D eigenvalue weighted by Crippen LogP contribution is -1.78. The first-order chi connectivity index (χ1) is 7.15. The number of aromatic hydroxyl groups is 1. The highest BCUT2D eigenvalue weighted by atomic mass is 79.9. The van der Waals surface area contributed by atoms with Crippen LogP contribution >= 0.6 is 27.5 Å². The van der Waals surface area contributed by atoms with Crippen LogP contribution in [0, 0.1) is 0 Å². The van der Waals surface area contributed by atoms with E-state index in [-0.39, 0.29) is 5.75 Å². The maximum Gasteiger partial charge on any atom is 0.117 e. The van der Waals surface area contributed by atoms with Crippen LogP contribution in [-0.2, 0) is 0 Å². The number of rotatable bonds is 1. The van der Waals surface area contributed by atoms with Crippen molar-refractivity contribution in [2.45, 2.75) is 0 Å². The standard InChI is InChI=1S/C12H8BrClO/c13-10-5-9(6-12(15)7-10)8-1-3-11(14)4-2-8/h1-7,15H. The van der Waals surface area contributed by atoms with Gasteiger partial charge in [-0.15, -0.1) is 0 Å². The highest BCUT2D eigenvalue weighted by Gasteiger charge is 2.01. The van der Waals surface area contributed by atoms with Crippen LogP contribution < -0.4 is 0 Å². The zero-order valence-electron chi connectivity index (χ0n) is 7.74. The van der Waals surface area contributed by atoms with Crippen molar-refractivity contribution < 1.29 is 5.11 Å². The first kappa shape index (κ1) is 10.5. The maximum atomic E-state index is 9.45. The van der Waals surface area contributed by atoms with Crippen LogP contribution in [-0.4, -0.2) is 5.11 Å². The zero-order chi connectivity index (χ0) is 10.8. The molecule has 0 aliphatic carbocycles. The van der Waals surface area contributed by atoms with Gasteiger partial charge < -0.3 is 5.11 Å². The summed E-state index contributed by atoms with van der Waals surface area (Å²) in [5, 5.41) is 10.2. The van der Waals surface area contributed by atoms with Gasteiger partial charge in [0, 0.05) is 9.50 Å². The molecular weight excluding hydrogens is 275 g/mol. The molecule has 0 aromatic heterocycles. The van der Waals surface area contributed by atoms with Crippen molar-refractivity contribution in [3.8, 4) is 16.9 Å². The fourth-order valence-electron chi connectivity index (χ4n) is 1.38. The average molecular weight is 284 g/mol. The molecule has 0 atom stereocenters. The van der Waals surface area contributed by atoms with E-state index < -0.39 is 0 Å². The molecule has 0 amide bonds. The van der Waals surface area contributed by atoms with Crippen LogP contribution in [0.25, 0.3) is 11.1 Å². The molecule has 2 aromatic carbocycles. The fourth-order valence-corrected chi connectivity index (χ4v) is 1.99. The van der Waals surface area contributed by atoms with Gasteiger partial charge in [-0.2, -0.15) is 0 Å². The van der Waals surface area contributed by atoms with Gasteiger partial charge in [0.05, 0.1) is 0 Å². The third-order valence-electron chi connectivity index (χ3n) is 2.06. The molecule has 2 rings (SSSR count). The first-order valence-corrected chi connectivity index (χ1v) is 5.58. The van der Waals surface area contributed by atoms with E-state index in [0.29, 0.717) is 5.02 Å². The smallest absolute Gasteiger partial charge is 0.117 e. The van der Waals surface area contributed by atoms with Gasteiger partial charge in [-0.3, -0.25) is 0 Å². The van der Waals surface area contributed by atoms with Gasteiger partial charge in [0.25, 0.3) is 0 Å². The number of benzene rings is 2. The van der Waals surface area contributed by atoms with Crippen molar-refractivity contribution in [3.05, 3.63) is 52.0 Å². The van der Waals surface area contributed by atoms with Gasteiger partial charge in [-0.1, -0.05) is 39.7 Å². The number of hydrogen-bond donors (Lipinski definition) is 1. The van der Waals surface area contributed by atoms with E-state index in [1.54, 1.807) is 12.1 Å². The van der Waals surface area contributed by atoms with E-state index in [1.807, 2.05) is 30.3 Å². The second kappa shape index (κ2) is 4.25. The van der Waals surface area contributed by atoms with E-state index in [0.717, 1.165) is 15.6 Å². The van der Waals surface area contributed by atoms with Gasteiger partial charge in [-0.25, -0.2) is 0 Å². The molecule has 0 saturated carbocycles. The van der Waals surface area contributed by atoms with Gasteiger partial charge >= 0.3 is 0 Å². The van der Waals surface area contributed by atoms with Crippen molar-refractivity contribution in [3.63, 3.8) is 0 Å². The zero-order valence-corrected chi connectivity index (χ0v) is 10.1. The Morgan fingerprint density at radius 3 is 2.20 bits per heavy atom. The molecule has 0 aliphatic rings. The van der Waals surface area contributed by atoms with Gasteiger partial charge in [0.15, 0.2) is 0 Å². The minimum atomic E-state index is 0.245. The highest BCUT2D eigenvalue weighted by Crippen LogP contribution is 2.28. The summed E-state index contributed by atoms with van der Waals surface area (Å²) in [6, 6.07) is 12.8. The van der Waals surface area contributed by atoms with E-state index in [1.165, 1.54) is 0 Å².